The summed E-state index contributed by atoms with van der Waals surface area (Å²) >= 11 is 0. The van der Waals surface area contributed by atoms with Crippen molar-refractivity contribution in [2.75, 3.05) is 0 Å². The van der Waals surface area contributed by atoms with Gasteiger partial charge in [-0.05, 0) is 16.7 Å². The van der Waals surface area contributed by atoms with E-state index in [0.717, 1.165) is 12.1 Å². The molecule has 0 radical (unpaired) electrons. The first-order valence-electron chi connectivity index (χ1n) is 8.29. The summed E-state index contributed by atoms with van der Waals surface area (Å²) in [5.41, 5.74) is 3.20. The fourth-order valence-electron chi connectivity index (χ4n) is 1.85. The van der Waals surface area contributed by atoms with E-state index in [2.05, 4.69) is 50.6 Å². The van der Waals surface area contributed by atoms with Crippen LogP contribution in [0.1, 0.15) is 32.8 Å². The van der Waals surface area contributed by atoms with Crippen molar-refractivity contribution in [1.29, 1.82) is 0 Å². The van der Waals surface area contributed by atoms with E-state index in [4.69, 9.17) is 0 Å². The van der Waals surface area contributed by atoms with Crippen molar-refractivity contribution in [3.8, 4) is 11.5 Å². The van der Waals surface area contributed by atoms with Crippen LogP contribution in [0.5, 0.6) is 0 Å². The minimum Gasteiger partial charge on any atom is -0.480 e. The highest BCUT2D eigenvalue weighted by molar-refractivity contribution is 6.87. The van der Waals surface area contributed by atoms with Crippen LogP contribution in [0.15, 0.2) is 18.2 Å². The van der Waals surface area contributed by atoms with Crippen LogP contribution in [0.4, 0.5) is 8.78 Å². The highest BCUT2D eigenvalue weighted by Crippen LogP contribution is 2.35. The molecule has 0 saturated carbocycles. The average molecular weight is 381 g/mol. The largest absolute Gasteiger partial charge is 0.480 e. The van der Waals surface area contributed by atoms with Crippen LogP contribution in [-0.2, 0) is 16.0 Å². The molecule has 7 heteroatoms. The average Bonchev–Trinajstić information content (AvgIpc) is 2.47. The highest BCUT2D eigenvalue weighted by Gasteiger charge is 2.33. The van der Waals surface area contributed by atoms with Gasteiger partial charge in [-0.25, -0.2) is 13.6 Å². The number of aliphatic carboxylic acids is 1. The van der Waals surface area contributed by atoms with Crippen molar-refractivity contribution >= 4 is 20.0 Å². The predicted molar refractivity (Wildman–Crippen MR) is 99.2 cm³/mol. The summed E-state index contributed by atoms with van der Waals surface area (Å²) in [6, 6.07) is 1.72. The molecule has 26 heavy (non-hydrogen) atoms. The minimum atomic E-state index is -1.87. The van der Waals surface area contributed by atoms with Gasteiger partial charge in [-0.1, -0.05) is 39.9 Å². The van der Waals surface area contributed by atoms with Gasteiger partial charge >= 0.3 is 5.97 Å². The summed E-state index contributed by atoms with van der Waals surface area (Å²) in [4.78, 5) is 23.4. The first-order valence-corrected chi connectivity index (χ1v) is 11.3. The van der Waals surface area contributed by atoms with Gasteiger partial charge in [0.2, 0.25) is 5.91 Å². The van der Waals surface area contributed by atoms with Gasteiger partial charge in [-0.3, -0.25) is 4.79 Å². The van der Waals surface area contributed by atoms with E-state index in [9.17, 15) is 23.5 Å². The Hall–Kier alpha value is -2.20. The monoisotopic (exact) mass is 381 g/mol. The van der Waals surface area contributed by atoms with Gasteiger partial charge in [-0.2, -0.15) is 0 Å². The zero-order chi connectivity index (χ0) is 20.1. The molecule has 4 nitrogen and oxygen atoms in total. The van der Waals surface area contributed by atoms with E-state index < -0.39 is 37.6 Å². The van der Waals surface area contributed by atoms with Gasteiger partial charge in [-0.15, -0.1) is 11.5 Å². The second-order valence-electron chi connectivity index (χ2n) is 7.75. The van der Waals surface area contributed by atoms with E-state index in [-0.39, 0.29) is 23.4 Å². The molecule has 1 atom stereocenters. The second kappa shape index (κ2) is 8.45. The van der Waals surface area contributed by atoms with Gasteiger partial charge in [0.05, 0.1) is 6.42 Å². The first kappa shape index (κ1) is 21.8. The molecule has 1 aromatic carbocycles. The molecule has 0 bridgehead atoms. The number of carboxylic acid groups (broad SMARTS) is 1. The molecule has 0 heterocycles. The maximum absolute atomic E-state index is 13.6. The van der Waals surface area contributed by atoms with Crippen molar-refractivity contribution in [2.45, 2.75) is 57.8 Å². The van der Waals surface area contributed by atoms with Crippen LogP contribution in [0, 0.1) is 23.1 Å². The quantitative estimate of drug-likeness (QED) is 0.606. The lowest BCUT2D eigenvalue weighted by atomic mass is 10.1. The number of nitrogens with one attached hydrogen (secondary N) is 1. The Balaban J connectivity index is 2.77. The van der Waals surface area contributed by atoms with E-state index >= 15 is 0 Å². The van der Waals surface area contributed by atoms with Crippen LogP contribution >= 0.6 is 0 Å². The number of hydrogen-bond donors (Lipinski definition) is 2. The molecule has 2 N–H and O–H groups in total. The molecule has 0 aliphatic heterocycles. The van der Waals surface area contributed by atoms with Crippen LogP contribution in [0.25, 0.3) is 0 Å². The molecular weight excluding hydrogens is 356 g/mol. The van der Waals surface area contributed by atoms with Gasteiger partial charge in [0.25, 0.3) is 0 Å². The number of rotatable bonds is 5. The van der Waals surface area contributed by atoms with Crippen molar-refractivity contribution in [3.63, 3.8) is 0 Å². The smallest absolute Gasteiger partial charge is 0.327 e. The topological polar surface area (TPSA) is 66.4 Å². The highest BCUT2D eigenvalue weighted by atomic mass is 28.3. The third-order valence-electron chi connectivity index (χ3n) is 4.58. The predicted octanol–water partition coefficient (Wildman–Crippen LogP) is 3.52. The Labute approximate surface area is 154 Å². The summed E-state index contributed by atoms with van der Waals surface area (Å²) in [6.07, 6.45) is -0.398. The summed E-state index contributed by atoms with van der Waals surface area (Å²) < 4.78 is 26.5. The molecule has 0 fully saturated rings. The van der Waals surface area contributed by atoms with Gasteiger partial charge < -0.3 is 10.4 Å². The molecule has 1 rings (SSSR count). The molecule has 0 aromatic heterocycles. The molecule has 1 amide bonds. The molecule has 0 aliphatic rings. The second-order valence-corrected chi connectivity index (χ2v) is 12.8. The lowest BCUT2D eigenvalue weighted by molar-refractivity contribution is -0.141. The third-order valence-corrected chi connectivity index (χ3v) is 9.13. The van der Waals surface area contributed by atoms with Gasteiger partial charge in [0, 0.05) is 12.5 Å². The number of carbonyl (C=O) groups excluding carboxylic acids is 1. The fraction of sp³-hybridized carbons (Fsp3) is 0.474. The lowest BCUT2D eigenvalue weighted by Crippen LogP contribution is -2.41. The number of amides is 1. The van der Waals surface area contributed by atoms with Crippen LogP contribution < -0.4 is 5.32 Å². The Morgan fingerprint density at radius 1 is 1.27 bits per heavy atom. The Kier molecular flexibility index (Phi) is 7.10. The summed E-state index contributed by atoms with van der Waals surface area (Å²) in [7, 11) is -1.87. The van der Waals surface area contributed by atoms with E-state index in [1.54, 1.807) is 0 Å². The van der Waals surface area contributed by atoms with E-state index in [1.165, 1.54) is 0 Å². The summed E-state index contributed by atoms with van der Waals surface area (Å²) in [5, 5.41) is 11.7. The SMILES string of the molecule is CC(C)(C)[Si](C)(C)C#CC[C@H](NC(=O)Cc1ccc(F)cc1F)C(=O)O. The minimum absolute atomic E-state index is 0.000367. The number of carbonyl (C=O) groups is 2. The Bertz CT molecular complexity index is 745. The first-order chi connectivity index (χ1) is 11.8. The number of carboxylic acids is 1. The van der Waals surface area contributed by atoms with Crippen LogP contribution in [0.3, 0.4) is 0 Å². The number of benzene rings is 1. The van der Waals surface area contributed by atoms with Crippen molar-refractivity contribution < 1.29 is 23.5 Å². The molecule has 0 spiro atoms. The molecule has 1 aromatic rings. The van der Waals surface area contributed by atoms with Crippen molar-refractivity contribution in [1.82, 2.24) is 5.32 Å². The van der Waals surface area contributed by atoms with Crippen LogP contribution in [-0.4, -0.2) is 31.1 Å². The lowest BCUT2D eigenvalue weighted by Gasteiger charge is -2.31. The Morgan fingerprint density at radius 2 is 1.88 bits per heavy atom. The standard InChI is InChI=1S/C19H25F2NO3Si/c1-19(2,3)26(4,5)10-6-7-16(18(24)25)22-17(23)11-13-8-9-14(20)12-15(13)21/h8-9,12,16H,7,11H2,1-5H3,(H,22,23)(H,24,25)/t16-/m0/s1. The maximum atomic E-state index is 13.6. The van der Waals surface area contributed by atoms with E-state index in [1.807, 2.05) is 0 Å². The zero-order valence-electron chi connectivity index (χ0n) is 15.7. The molecule has 0 saturated heterocycles. The maximum Gasteiger partial charge on any atom is 0.327 e. The van der Waals surface area contributed by atoms with Gasteiger partial charge in [0.15, 0.2) is 0 Å². The number of hydrogen-bond acceptors (Lipinski definition) is 2. The van der Waals surface area contributed by atoms with Crippen molar-refractivity contribution in [2.24, 2.45) is 0 Å². The third kappa shape index (κ3) is 6.26. The Morgan fingerprint density at radius 3 is 2.38 bits per heavy atom. The molecule has 142 valence electrons. The molecule has 0 unspecified atom stereocenters. The van der Waals surface area contributed by atoms with Crippen molar-refractivity contribution in [3.05, 3.63) is 35.4 Å². The van der Waals surface area contributed by atoms with Gasteiger partial charge in [0.1, 0.15) is 25.8 Å². The molecule has 0 aliphatic carbocycles. The fourth-order valence-corrected chi connectivity index (χ4v) is 2.76. The normalized spacial score (nSPS) is 12.7. The number of halogens is 2. The van der Waals surface area contributed by atoms with E-state index in [0.29, 0.717) is 6.07 Å². The summed E-state index contributed by atoms with van der Waals surface area (Å²) in [5.74, 6) is -0.550. The summed E-state index contributed by atoms with van der Waals surface area (Å²) in [6.45, 7) is 10.5. The zero-order valence-corrected chi connectivity index (χ0v) is 16.7. The molecular formula is C19H25F2NO3Si. The van der Waals surface area contributed by atoms with Crippen LogP contribution in [0.2, 0.25) is 18.1 Å².